The molecule has 0 spiro atoms. The van der Waals surface area contributed by atoms with Crippen LogP contribution in [0.1, 0.15) is 29.3 Å². The molecular formula is C16H18N2O2S. The lowest BCUT2D eigenvalue weighted by Gasteiger charge is -2.14. The van der Waals surface area contributed by atoms with Crippen LogP contribution in [0, 0.1) is 6.92 Å². The third-order valence-electron chi connectivity index (χ3n) is 3.60. The first-order valence-corrected chi connectivity index (χ1v) is 7.95. The fourth-order valence-electron chi connectivity index (χ4n) is 2.50. The number of hydrogen-bond acceptors (Lipinski definition) is 4. The molecule has 1 aromatic heterocycles. The van der Waals surface area contributed by atoms with Crippen molar-refractivity contribution in [3.05, 3.63) is 40.4 Å². The van der Waals surface area contributed by atoms with Gasteiger partial charge in [0.25, 0.3) is 5.91 Å². The van der Waals surface area contributed by atoms with Gasteiger partial charge in [-0.3, -0.25) is 10.1 Å². The van der Waals surface area contributed by atoms with E-state index in [1.807, 2.05) is 13.0 Å². The Morgan fingerprint density at radius 2 is 2.19 bits per heavy atom. The number of aryl methyl sites for hydroxylation is 3. The number of anilines is 1. The Morgan fingerprint density at radius 3 is 2.95 bits per heavy atom. The fraction of sp³-hybridized carbons (Fsp3) is 0.375. The lowest BCUT2D eigenvalue weighted by atomic mass is 10.1. The SMILES string of the molecule is Cc1cnc(NC(=O)C(C)Oc2ccc3c(c2)CCC3)s1. The Balaban J connectivity index is 1.62. The van der Waals surface area contributed by atoms with E-state index in [9.17, 15) is 4.79 Å². The number of carbonyl (C=O) groups is 1. The summed E-state index contributed by atoms with van der Waals surface area (Å²) in [5.41, 5.74) is 2.74. The normalized spacial score (nSPS) is 14.6. The number of hydrogen-bond donors (Lipinski definition) is 1. The van der Waals surface area contributed by atoms with Crippen LogP contribution in [0.4, 0.5) is 5.13 Å². The van der Waals surface area contributed by atoms with Crippen LogP contribution in [-0.2, 0) is 17.6 Å². The van der Waals surface area contributed by atoms with Gasteiger partial charge in [-0.2, -0.15) is 0 Å². The van der Waals surface area contributed by atoms with Gasteiger partial charge in [0, 0.05) is 11.1 Å². The number of fused-ring (bicyclic) bond motifs is 1. The van der Waals surface area contributed by atoms with Crippen LogP contribution >= 0.6 is 11.3 Å². The molecule has 1 aliphatic carbocycles. The number of rotatable bonds is 4. The highest BCUT2D eigenvalue weighted by Gasteiger charge is 2.17. The minimum atomic E-state index is -0.548. The first-order valence-electron chi connectivity index (χ1n) is 7.13. The number of benzene rings is 1. The maximum Gasteiger partial charge on any atom is 0.266 e. The molecule has 0 radical (unpaired) electrons. The molecule has 1 atom stereocenters. The highest BCUT2D eigenvalue weighted by atomic mass is 32.1. The molecule has 1 N–H and O–H groups in total. The predicted molar refractivity (Wildman–Crippen MR) is 84.0 cm³/mol. The van der Waals surface area contributed by atoms with E-state index in [1.165, 1.54) is 28.9 Å². The molecule has 1 amide bonds. The van der Waals surface area contributed by atoms with E-state index in [0.717, 1.165) is 23.5 Å². The molecule has 5 heteroatoms. The summed E-state index contributed by atoms with van der Waals surface area (Å²) >= 11 is 1.46. The van der Waals surface area contributed by atoms with E-state index < -0.39 is 6.10 Å². The number of nitrogens with zero attached hydrogens (tertiary/aromatic N) is 1. The van der Waals surface area contributed by atoms with E-state index in [4.69, 9.17) is 4.74 Å². The maximum absolute atomic E-state index is 12.1. The summed E-state index contributed by atoms with van der Waals surface area (Å²) in [5, 5.41) is 3.39. The van der Waals surface area contributed by atoms with Crippen LogP contribution in [0.25, 0.3) is 0 Å². The zero-order valence-electron chi connectivity index (χ0n) is 12.2. The number of thiazole rings is 1. The van der Waals surface area contributed by atoms with Crippen LogP contribution in [0.5, 0.6) is 5.75 Å². The second kappa shape index (κ2) is 5.85. The molecule has 110 valence electrons. The molecule has 0 saturated carbocycles. The van der Waals surface area contributed by atoms with Gasteiger partial charge in [-0.1, -0.05) is 6.07 Å². The third kappa shape index (κ3) is 3.24. The largest absolute Gasteiger partial charge is 0.481 e. The zero-order valence-corrected chi connectivity index (χ0v) is 13.0. The Labute approximate surface area is 128 Å². The van der Waals surface area contributed by atoms with Crippen molar-refractivity contribution in [3.8, 4) is 5.75 Å². The van der Waals surface area contributed by atoms with E-state index in [0.29, 0.717) is 5.13 Å². The summed E-state index contributed by atoms with van der Waals surface area (Å²) in [5.74, 6) is 0.582. The van der Waals surface area contributed by atoms with Crippen molar-refractivity contribution in [2.24, 2.45) is 0 Å². The molecular weight excluding hydrogens is 284 g/mol. The molecule has 2 aromatic rings. The van der Waals surface area contributed by atoms with Gasteiger partial charge in [0.1, 0.15) is 5.75 Å². The number of nitrogens with one attached hydrogen (secondary N) is 1. The summed E-state index contributed by atoms with van der Waals surface area (Å²) in [4.78, 5) is 17.3. The molecule has 1 aromatic carbocycles. The molecule has 1 aliphatic rings. The minimum Gasteiger partial charge on any atom is -0.481 e. The van der Waals surface area contributed by atoms with Gasteiger partial charge in [0.05, 0.1) is 0 Å². The molecule has 0 fully saturated rings. The summed E-state index contributed by atoms with van der Waals surface area (Å²) in [6, 6.07) is 6.10. The van der Waals surface area contributed by atoms with Gasteiger partial charge in [-0.25, -0.2) is 4.98 Å². The number of carbonyl (C=O) groups excluding carboxylic acids is 1. The molecule has 1 unspecified atom stereocenters. The van der Waals surface area contributed by atoms with E-state index in [-0.39, 0.29) is 5.91 Å². The molecule has 4 nitrogen and oxygen atoms in total. The second-order valence-corrected chi connectivity index (χ2v) is 6.54. The van der Waals surface area contributed by atoms with E-state index >= 15 is 0 Å². The lowest BCUT2D eigenvalue weighted by molar-refractivity contribution is -0.122. The summed E-state index contributed by atoms with van der Waals surface area (Å²) in [6.45, 7) is 3.71. The number of ether oxygens (including phenoxy) is 1. The Kier molecular flexibility index (Phi) is 3.92. The van der Waals surface area contributed by atoms with Crippen molar-refractivity contribution in [1.82, 2.24) is 4.98 Å². The highest BCUT2D eigenvalue weighted by molar-refractivity contribution is 7.15. The third-order valence-corrected chi connectivity index (χ3v) is 4.43. The van der Waals surface area contributed by atoms with E-state index in [1.54, 1.807) is 13.1 Å². The summed E-state index contributed by atoms with van der Waals surface area (Å²) in [6.07, 6.45) is 4.65. The fourth-order valence-corrected chi connectivity index (χ4v) is 3.17. The topological polar surface area (TPSA) is 51.2 Å². The minimum absolute atomic E-state index is 0.176. The van der Waals surface area contributed by atoms with Crippen molar-refractivity contribution in [2.75, 3.05) is 5.32 Å². The molecule has 0 aliphatic heterocycles. The van der Waals surface area contributed by atoms with Gasteiger partial charge < -0.3 is 4.74 Å². The van der Waals surface area contributed by atoms with Crippen LogP contribution in [0.15, 0.2) is 24.4 Å². The number of amides is 1. The average Bonchev–Trinajstić information content (AvgIpc) is 3.07. The van der Waals surface area contributed by atoms with Gasteiger partial charge >= 0.3 is 0 Å². The predicted octanol–water partition coefficient (Wildman–Crippen LogP) is 3.35. The monoisotopic (exact) mass is 302 g/mol. The van der Waals surface area contributed by atoms with Crippen LogP contribution in [0.2, 0.25) is 0 Å². The summed E-state index contributed by atoms with van der Waals surface area (Å²) < 4.78 is 5.75. The van der Waals surface area contributed by atoms with Crippen LogP contribution in [0.3, 0.4) is 0 Å². The van der Waals surface area contributed by atoms with Crippen molar-refractivity contribution < 1.29 is 9.53 Å². The van der Waals surface area contributed by atoms with Crippen molar-refractivity contribution in [1.29, 1.82) is 0 Å². The van der Waals surface area contributed by atoms with E-state index in [2.05, 4.69) is 22.4 Å². The first-order chi connectivity index (χ1) is 10.1. The Morgan fingerprint density at radius 1 is 1.38 bits per heavy atom. The van der Waals surface area contributed by atoms with Gasteiger partial charge in [0.2, 0.25) is 0 Å². The first kappa shape index (κ1) is 14.1. The smallest absolute Gasteiger partial charge is 0.266 e. The maximum atomic E-state index is 12.1. The van der Waals surface area contributed by atoms with Crippen LogP contribution < -0.4 is 10.1 Å². The Bertz CT molecular complexity index is 666. The highest BCUT2D eigenvalue weighted by Crippen LogP contribution is 2.26. The van der Waals surface area contributed by atoms with Crippen molar-refractivity contribution in [3.63, 3.8) is 0 Å². The summed E-state index contributed by atoms with van der Waals surface area (Å²) in [7, 11) is 0. The quantitative estimate of drug-likeness (QED) is 0.942. The molecule has 0 bridgehead atoms. The molecule has 3 rings (SSSR count). The second-order valence-electron chi connectivity index (χ2n) is 5.31. The average molecular weight is 302 g/mol. The van der Waals surface area contributed by atoms with Gasteiger partial charge in [-0.15, -0.1) is 11.3 Å². The van der Waals surface area contributed by atoms with Crippen molar-refractivity contribution >= 4 is 22.4 Å². The van der Waals surface area contributed by atoms with Gasteiger partial charge in [-0.05, 0) is 56.4 Å². The molecule has 1 heterocycles. The molecule has 0 saturated heterocycles. The number of aromatic nitrogens is 1. The standard InChI is InChI=1S/C16H18N2O2S/c1-10-9-17-16(21-10)18-15(19)11(2)20-14-7-6-12-4-3-5-13(12)8-14/h6-9,11H,3-5H2,1-2H3,(H,17,18,19). The van der Waals surface area contributed by atoms with Crippen LogP contribution in [-0.4, -0.2) is 17.0 Å². The Hall–Kier alpha value is -1.88. The van der Waals surface area contributed by atoms with Gasteiger partial charge in [0.15, 0.2) is 11.2 Å². The lowest BCUT2D eigenvalue weighted by Crippen LogP contribution is -2.30. The zero-order chi connectivity index (χ0) is 14.8. The molecule has 21 heavy (non-hydrogen) atoms. The van der Waals surface area contributed by atoms with Crippen molar-refractivity contribution in [2.45, 2.75) is 39.2 Å².